The van der Waals surface area contributed by atoms with Crippen LogP contribution in [0.2, 0.25) is 0 Å². The maximum atomic E-state index is 12.3. The van der Waals surface area contributed by atoms with Gasteiger partial charge >= 0.3 is 5.97 Å². The Morgan fingerprint density at radius 3 is 2.24 bits per heavy atom. The zero-order valence-corrected chi connectivity index (χ0v) is 15.2. The molecule has 0 radical (unpaired) electrons. The molecule has 0 saturated heterocycles. The van der Waals surface area contributed by atoms with Crippen LogP contribution < -0.4 is 9.46 Å². The second kappa shape index (κ2) is 8.13. The summed E-state index contributed by atoms with van der Waals surface area (Å²) in [6.07, 6.45) is 0. The molecule has 0 aliphatic carbocycles. The summed E-state index contributed by atoms with van der Waals surface area (Å²) in [5.41, 5.74) is 1.73. The minimum Gasteiger partial charge on any atom is -0.497 e. The molecule has 1 atom stereocenters. The Kier molecular flexibility index (Phi) is 6.17. The summed E-state index contributed by atoms with van der Waals surface area (Å²) in [4.78, 5) is 12.1. The zero-order chi connectivity index (χ0) is 18.4. The van der Waals surface area contributed by atoms with E-state index >= 15 is 0 Å². The van der Waals surface area contributed by atoms with Gasteiger partial charge in [-0.1, -0.05) is 29.8 Å². The van der Waals surface area contributed by atoms with Crippen molar-refractivity contribution >= 4 is 16.0 Å². The van der Waals surface area contributed by atoms with E-state index in [0.29, 0.717) is 5.75 Å². The maximum absolute atomic E-state index is 12.3. The molecule has 2 rings (SSSR count). The third-order valence-corrected chi connectivity index (χ3v) is 5.11. The van der Waals surface area contributed by atoms with Crippen molar-refractivity contribution in [3.8, 4) is 5.75 Å². The Morgan fingerprint density at radius 1 is 1.08 bits per heavy atom. The smallest absolute Gasteiger partial charge is 0.324 e. The van der Waals surface area contributed by atoms with Crippen LogP contribution in [0.4, 0.5) is 0 Å². The average molecular weight is 363 g/mol. The van der Waals surface area contributed by atoms with E-state index in [1.807, 2.05) is 6.92 Å². The van der Waals surface area contributed by atoms with Gasteiger partial charge in [0, 0.05) is 0 Å². The van der Waals surface area contributed by atoms with Crippen molar-refractivity contribution in [2.75, 3.05) is 7.11 Å². The molecule has 0 aliphatic rings. The molecule has 2 aromatic carbocycles. The summed E-state index contributed by atoms with van der Waals surface area (Å²) in [6.45, 7) is 3.37. The number of aryl methyl sites for hydroxylation is 1. The Hall–Kier alpha value is -2.38. The highest BCUT2D eigenvalue weighted by atomic mass is 32.2. The Morgan fingerprint density at radius 2 is 1.68 bits per heavy atom. The molecule has 0 aromatic heterocycles. The Balaban J connectivity index is 1.93. The topological polar surface area (TPSA) is 81.7 Å². The SMILES string of the molecule is COc1ccc(COC(=O)[C@H](C)NS(=O)(=O)c2ccc(C)cc2)cc1. The average Bonchev–Trinajstić information content (AvgIpc) is 2.60. The number of methoxy groups -OCH3 is 1. The monoisotopic (exact) mass is 363 g/mol. The summed E-state index contributed by atoms with van der Waals surface area (Å²) in [5.74, 6) is 0.0563. The van der Waals surface area contributed by atoms with Crippen LogP contribution in [0.25, 0.3) is 0 Å². The fourth-order valence-corrected chi connectivity index (χ4v) is 3.26. The van der Waals surface area contributed by atoms with Crippen LogP contribution in [0, 0.1) is 6.92 Å². The number of sulfonamides is 1. The van der Waals surface area contributed by atoms with Gasteiger partial charge in [0.1, 0.15) is 18.4 Å². The first kappa shape index (κ1) is 19.0. The van der Waals surface area contributed by atoms with Crippen LogP contribution in [0.5, 0.6) is 5.75 Å². The fourth-order valence-electron chi connectivity index (χ4n) is 2.07. The van der Waals surface area contributed by atoms with Gasteiger partial charge in [0.05, 0.1) is 12.0 Å². The highest BCUT2D eigenvalue weighted by Gasteiger charge is 2.23. The van der Waals surface area contributed by atoms with E-state index in [1.54, 1.807) is 43.5 Å². The molecule has 1 N–H and O–H groups in total. The van der Waals surface area contributed by atoms with Gasteiger partial charge in [-0.3, -0.25) is 4.79 Å². The molecule has 0 bridgehead atoms. The third-order valence-electron chi connectivity index (χ3n) is 3.56. The zero-order valence-electron chi connectivity index (χ0n) is 14.4. The molecule has 0 saturated carbocycles. The van der Waals surface area contributed by atoms with Gasteiger partial charge < -0.3 is 9.47 Å². The van der Waals surface area contributed by atoms with E-state index in [0.717, 1.165) is 11.1 Å². The first-order chi connectivity index (χ1) is 11.8. The summed E-state index contributed by atoms with van der Waals surface area (Å²) >= 11 is 0. The maximum Gasteiger partial charge on any atom is 0.324 e. The van der Waals surface area contributed by atoms with E-state index in [2.05, 4.69) is 4.72 Å². The molecule has 6 nitrogen and oxygen atoms in total. The molecule has 0 aliphatic heterocycles. The minimum atomic E-state index is -3.78. The van der Waals surface area contributed by atoms with Gasteiger partial charge in [0.15, 0.2) is 0 Å². The van der Waals surface area contributed by atoms with Crippen LogP contribution in [-0.4, -0.2) is 27.5 Å². The van der Waals surface area contributed by atoms with Crippen LogP contribution in [0.1, 0.15) is 18.1 Å². The number of hydrogen-bond acceptors (Lipinski definition) is 5. The number of ether oxygens (including phenoxy) is 2. The molecule has 0 heterocycles. The van der Waals surface area contributed by atoms with Gasteiger partial charge in [0.2, 0.25) is 10.0 Å². The highest BCUT2D eigenvalue weighted by Crippen LogP contribution is 2.13. The van der Waals surface area contributed by atoms with Gasteiger partial charge in [-0.05, 0) is 43.7 Å². The summed E-state index contributed by atoms with van der Waals surface area (Å²) in [5, 5.41) is 0. The summed E-state index contributed by atoms with van der Waals surface area (Å²) in [6, 6.07) is 12.4. The molecule has 134 valence electrons. The lowest BCUT2D eigenvalue weighted by Gasteiger charge is -2.14. The predicted octanol–water partition coefficient (Wildman–Crippen LogP) is 2.41. The van der Waals surface area contributed by atoms with Gasteiger partial charge in [-0.2, -0.15) is 4.72 Å². The normalized spacial score (nSPS) is 12.4. The fraction of sp³-hybridized carbons (Fsp3) is 0.278. The lowest BCUT2D eigenvalue weighted by molar-refractivity contribution is -0.146. The van der Waals surface area contributed by atoms with Crippen molar-refractivity contribution in [2.24, 2.45) is 0 Å². The number of benzene rings is 2. The second-order valence-electron chi connectivity index (χ2n) is 5.61. The lowest BCUT2D eigenvalue weighted by atomic mass is 10.2. The van der Waals surface area contributed by atoms with Crippen molar-refractivity contribution in [3.63, 3.8) is 0 Å². The summed E-state index contributed by atoms with van der Waals surface area (Å²) in [7, 11) is -2.21. The van der Waals surface area contributed by atoms with E-state index in [4.69, 9.17) is 9.47 Å². The largest absolute Gasteiger partial charge is 0.497 e. The van der Waals surface area contributed by atoms with E-state index < -0.39 is 22.0 Å². The number of rotatable bonds is 7. The van der Waals surface area contributed by atoms with Gasteiger partial charge in [0.25, 0.3) is 0 Å². The second-order valence-corrected chi connectivity index (χ2v) is 7.33. The molecule has 2 aromatic rings. The van der Waals surface area contributed by atoms with Crippen molar-refractivity contribution < 1.29 is 22.7 Å². The highest BCUT2D eigenvalue weighted by molar-refractivity contribution is 7.89. The molecule has 0 spiro atoms. The molecule has 7 heteroatoms. The Bertz CT molecular complexity index is 814. The van der Waals surface area contributed by atoms with Crippen molar-refractivity contribution in [3.05, 3.63) is 59.7 Å². The lowest BCUT2D eigenvalue weighted by Crippen LogP contribution is -2.39. The molecule has 25 heavy (non-hydrogen) atoms. The molecule has 0 amide bonds. The number of carbonyl (C=O) groups is 1. The van der Waals surface area contributed by atoms with Crippen LogP contribution >= 0.6 is 0 Å². The van der Waals surface area contributed by atoms with E-state index in [9.17, 15) is 13.2 Å². The molecular formula is C18H21NO5S. The molecule has 0 fully saturated rings. The first-order valence-electron chi connectivity index (χ1n) is 7.70. The number of hydrogen-bond donors (Lipinski definition) is 1. The molecular weight excluding hydrogens is 342 g/mol. The minimum absolute atomic E-state index is 0.0550. The van der Waals surface area contributed by atoms with E-state index in [-0.39, 0.29) is 11.5 Å². The number of esters is 1. The number of nitrogens with one attached hydrogen (secondary N) is 1. The Labute approximate surface area is 147 Å². The first-order valence-corrected chi connectivity index (χ1v) is 9.19. The van der Waals surface area contributed by atoms with Gasteiger partial charge in [-0.15, -0.1) is 0 Å². The third kappa shape index (κ3) is 5.30. The standard InChI is InChI=1S/C18H21NO5S/c1-13-4-10-17(11-5-13)25(21,22)19-14(2)18(20)24-12-15-6-8-16(23-3)9-7-15/h4-11,14,19H,12H2,1-3H3/t14-/m0/s1. The summed E-state index contributed by atoms with van der Waals surface area (Å²) < 4.78 is 37.1. The van der Waals surface area contributed by atoms with Crippen molar-refractivity contribution in [1.29, 1.82) is 0 Å². The van der Waals surface area contributed by atoms with Crippen molar-refractivity contribution in [2.45, 2.75) is 31.4 Å². The van der Waals surface area contributed by atoms with Crippen molar-refractivity contribution in [1.82, 2.24) is 4.72 Å². The quantitative estimate of drug-likeness (QED) is 0.764. The van der Waals surface area contributed by atoms with Crippen LogP contribution in [0.3, 0.4) is 0 Å². The molecule has 0 unspecified atom stereocenters. The predicted molar refractivity (Wildman–Crippen MR) is 93.8 cm³/mol. The van der Waals surface area contributed by atoms with E-state index in [1.165, 1.54) is 19.1 Å². The van der Waals surface area contributed by atoms with Gasteiger partial charge in [-0.25, -0.2) is 8.42 Å². The number of carbonyl (C=O) groups excluding carboxylic acids is 1. The van der Waals surface area contributed by atoms with Crippen LogP contribution in [-0.2, 0) is 26.2 Å². The van der Waals surface area contributed by atoms with Crippen LogP contribution in [0.15, 0.2) is 53.4 Å².